The summed E-state index contributed by atoms with van der Waals surface area (Å²) < 4.78 is 26.8. The van der Waals surface area contributed by atoms with E-state index in [1.165, 1.54) is 10.5 Å². The fraction of sp³-hybridized carbons (Fsp3) is 0.350. The molecule has 2 heterocycles. The van der Waals surface area contributed by atoms with Crippen molar-refractivity contribution in [3.05, 3.63) is 59.9 Å². The Hall–Kier alpha value is -2.78. The Morgan fingerprint density at radius 3 is 2.34 bits per heavy atom. The number of amides is 2. The minimum Gasteiger partial charge on any atom is -0.273 e. The van der Waals surface area contributed by atoms with Crippen molar-refractivity contribution in [3.8, 4) is 0 Å². The van der Waals surface area contributed by atoms with Gasteiger partial charge in [0.1, 0.15) is 5.69 Å². The van der Waals surface area contributed by atoms with Crippen molar-refractivity contribution in [2.24, 2.45) is 0 Å². The highest BCUT2D eigenvalue weighted by Gasteiger charge is 2.25. The van der Waals surface area contributed by atoms with Crippen molar-refractivity contribution < 1.29 is 18.0 Å². The first-order valence-corrected chi connectivity index (χ1v) is 11.0. The molecule has 2 N–H and O–H groups in total. The smallest absolute Gasteiger partial charge is 0.273 e. The average Bonchev–Trinajstić information content (AvgIpc) is 2.77. The molecule has 154 valence electrons. The van der Waals surface area contributed by atoms with Crippen LogP contribution in [0.5, 0.6) is 0 Å². The second-order valence-corrected chi connectivity index (χ2v) is 8.76. The zero-order valence-corrected chi connectivity index (χ0v) is 16.8. The van der Waals surface area contributed by atoms with Gasteiger partial charge < -0.3 is 0 Å². The Morgan fingerprint density at radius 2 is 1.69 bits per heavy atom. The van der Waals surface area contributed by atoms with Crippen molar-refractivity contribution in [3.63, 3.8) is 0 Å². The van der Waals surface area contributed by atoms with Gasteiger partial charge in [-0.3, -0.25) is 25.4 Å². The Balaban J connectivity index is 1.48. The number of rotatable bonds is 6. The molecule has 0 atom stereocenters. The first-order chi connectivity index (χ1) is 14.0. The Labute approximate surface area is 170 Å². The average molecular weight is 417 g/mol. The first kappa shape index (κ1) is 20.9. The lowest BCUT2D eigenvalue weighted by molar-refractivity contribution is -0.121. The molecule has 2 amide bonds. The molecule has 0 radical (unpaired) electrons. The van der Waals surface area contributed by atoms with Gasteiger partial charge in [0.05, 0.1) is 4.90 Å². The highest BCUT2D eigenvalue weighted by Crippen LogP contribution is 2.21. The van der Waals surface area contributed by atoms with E-state index >= 15 is 0 Å². The number of aromatic nitrogens is 1. The summed E-state index contributed by atoms with van der Waals surface area (Å²) in [5, 5.41) is 0. The number of hydrazine groups is 1. The normalized spacial score (nSPS) is 14.9. The van der Waals surface area contributed by atoms with Crippen LogP contribution in [0.4, 0.5) is 0 Å². The molecule has 8 nitrogen and oxygen atoms in total. The second kappa shape index (κ2) is 9.62. The third-order valence-corrected chi connectivity index (χ3v) is 6.64. The molecular weight excluding hydrogens is 392 g/mol. The van der Waals surface area contributed by atoms with Gasteiger partial charge in [-0.25, -0.2) is 8.42 Å². The van der Waals surface area contributed by atoms with E-state index in [2.05, 4.69) is 15.8 Å². The summed E-state index contributed by atoms with van der Waals surface area (Å²) in [5.41, 5.74) is 5.71. The molecule has 2 aromatic rings. The molecule has 0 spiro atoms. The SMILES string of the molecule is O=C(CCc1ccc(S(=O)(=O)N2CCCCC2)cc1)NNC(=O)c1ccccn1. The molecule has 29 heavy (non-hydrogen) atoms. The van der Waals surface area contributed by atoms with Gasteiger partial charge in [0.25, 0.3) is 5.91 Å². The quantitative estimate of drug-likeness (QED) is 0.696. The van der Waals surface area contributed by atoms with Crippen LogP contribution in [-0.4, -0.2) is 42.6 Å². The summed E-state index contributed by atoms with van der Waals surface area (Å²) in [5.74, 6) is -0.842. The Bertz CT molecular complexity index is 940. The maximum Gasteiger partial charge on any atom is 0.288 e. The van der Waals surface area contributed by atoms with Crippen LogP contribution in [-0.2, 0) is 21.2 Å². The van der Waals surface area contributed by atoms with E-state index in [0.29, 0.717) is 19.5 Å². The summed E-state index contributed by atoms with van der Waals surface area (Å²) in [4.78, 5) is 27.9. The molecule has 1 aromatic carbocycles. The molecular formula is C20H24N4O4S. The lowest BCUT2D eigenvalue weighted by atomic mass is 10.1. The maximum atomic E-state index is 12.6. The van der Waals surface area contributed by atoms with Gasteiger partial charge in [-0.1, -0.05) is 24.6 Å². The van der Waals surface area contributed by atoms with E-state index in [4.69, 9.17) is 0 Å². The highest BCUT2D eigenvalue weighted by atomic mass is 32.2. The summed E-state index contributed by atoms with van der Waals surface area (Å²) in [6.07, 6.45) is 4.92. The summed E-state index contributed by atoms with van der Waals surface area (Å²) >= 11 is 0. The van der Waals surface area contributed by atoms with Crippen LogP contribution in [0.2, 0.25) is 0 Å². The summed E-state index contributed by atoms with van der Waals surface area (Å²) in [7, 11) is -3.45. The van der Waals surface area contributed by atoms with Crippen molar-refractivity contribution in [2.75, 3.05) is 13.1 Å². The van der Waals surface area contributed by atoms with Crippen molar-refractivity contribution in [1.29, 1.82) is 0 Å². The third kappa shape index (κ3) is 5.61. The topological polar surface area (TPSA) is 108 Å². The van der Waals surface area contributed by atoms with Gasteiger partial charge in [-0.05, 0) is 49.1 Å². The molecule has 1 aliphatic rings. The lowest BCUT2D eigenvalue weighted by Gasteiger charge is -2.25. The van der Waals surface area contributed by atoms with E-state index in [0.717, 1.165) is 24.8 Å². The molecule has 0 aliphatic carbocycles. The van der Waals surface area contributed by atoms with Gasteiger partial charge in [-0.2, -0.15) is 4.31 Å². The number of nitrogens with one attached hydrogen (secondary N) is 2. The van der Waals surface area contributed by atoms with E-state index in [1.807, 2.05) is 0 Å². The zero-order valence-electron chi connectivity index (χ0n) is 16.0. The van der Waals surface area contributed by atoms with Gasteiger partial charge >= 0.3 is 0 Å². The first-order valence-electron chi connectivity index (χ1n) is 9.56. The fourth-order valence-electron chi connectivity index (χ4n) is 3.09. The maximum absolute atomic E-state index is 12.6. The Morgan fingerprint density at radius 1 is 0.966 bits per heavy atom. The molecule has 1 fully saturated rings. The van der Waals surface area contributed by atoms with Crippen LogP contribution in [0, 0.1) is 0 Å². The van der Waals surface area contributed by atoms with E-state index in [9.17, 15) is 18.0 Å². The van der Waals surface area contributed by atoms with Crippen molar-refractivity contribution in [2.45, 2.75) is 37.0 Å². The molecule has 1 aromatic heterocycles. The number of sulfonamides is 1. The Kier molecular flexibility index (Phi) is 6.95. The monoisotopic (exact) mass is 416 g/mol. The number of pyridine rings is 1. The van der Waals surface area contributed by atoms with E-state index < -0.39 is 15.9 Å². The predicted molar refractivity (Wildman–Crippen MR) is 107 cm³/mol. The van der Waals surface area contributed by atoms with Gasteiger partial charge in [0, 0.05) is 25.7 Å². The molecule has 0 unspecified atom stereocenters. The van der Waals surface area contributed by atoms with Crippen LogP contribution < -0.4 is 10.9 Å². The van der Waals surface area contributed by atoms with Gasteiger partial charge in [0.15, 0.2) is 0 Å². The standard InChI is InChI=1S/C20H24N4O4S/c25-19(22-23-20(26)18-6-2-3-13-21-18)12-9-16-7-10-17(11-8-16)29(27,28)24-14-4-1-5-15-24/h2-3,6-8,10-11,13H,1,4-5,9,12,14-15H2,(H,22,25)(H,23,26). The summed E-state index contributed by atoms with van der Waals surface area (Å²) in [6, 6.07) is 11.5. The number of benzene rings is 1. The molecule has 0 bridgehead atoms. The number of hydrogen-bond donors (Lipinski definition) is 2. The van der Waals surface area contributed by atoms with E-state index in [1.54, 1.807) is 42.5 Å². The molecule has 9 heteroatoms. The number of carbonyl (C=O) groups excluding carboxylic acids is 2. The summed E-state index contributed by atoms with van der Waals surface area (Å²) in [6.45, 7) is 1.13. The number of nitrogens with zero attached hydrogens (tertiary/aromatic N) is 2. The largest absolute Gasteiger partial charge is 0.288 e. The molecule has 0 saturated carbocycles. The van der Waals surface area contributed by atoms with Crippen molar-refractivity contribution >= 4 is 21.8 Å². The number of piperidine rings is 1. The minimum absolute atomic E-state index is 0.153. The van der Waals surface area contributed by atoms with Gasteiger partial charge in [0.2, 0.25) is 15.9 Å². The molecule has 3 rings (SSSR count). The predicted octanol–water partition coefficient (Wildman–Crippen LogP) is 1.65. The highest BCUT2D eigenvalue weighted by molar-refractivity contribution is 7.89. The number of hydrogen-bond acceptors (Lipinski definition) is 5. The van der Waals surface area contributed by atoms with E-state index in [-0.39, 0.29) is 22.9 Å². The second-order valence-electron chi connectivity index (χ2n) is 6.83. The molecule has 1 saturated heterocycles. The third-order valence-electron chi connectivity index (χ3n) is 4.73. The van der Waals surface area contributed by atoms with Gasteiger partial charge in [-0.15, -0.1) is 0 Å². The number of carbonyl (C=O) groups is 2. The van der Waals surface area contributed by atoms with Crippen LogP contribution in [0.25, 0.3) is 0 Å². The van der Waals surface area contributed by atoms with Crippen LogP contribution in [0.15, 0.2) is 53.6 Å². The van der Waals surface area contributed by atoms with Crippen molar-refractivity contribution in [1.82, 2.24) is 20.1 Å². The lowest BCUT2D eigenvalue weighted by Crippen LogP contribution is -2.42. The van der Waals surface area contributed by atoms with Crippen LogP contribution in [0.3, 0.4) is 0 Å². The number of aryl methyl sites for hydroxylation is 1. The van der Waals surface area contributed by atoms with Crippen LogP contribution >= 0.6 is 0 Å². The fourth-order valence-corrected chi connectivity index (χ4v) is 4.61. The zero-order chi connectivity index (χ0) is 20.7. The molecule has 1 aliphatic heterocycles. The van der Waals surface area contributed by atoms with Crippen LogP contribution in [0.1, 0.15) is 41.7 Å². The minimum atomic E-state index is -3.45.